The summed E-state index contributed by atoms with van der Waals surface area (Å²) >= 11 is 1.15. The van der Waals surface area contributed by atoms with Crippen LogP contribution in [0.15, 0.2) is 34.8 Å². The molecule has 0 atom stereocenters. The van der Waals surface area contributed by atoms with Crippen LogP contribution in [0.25, 0.3) is 5.65 Å². The number of sulfonamides is 1. The number of hydrogen-bond acceptors (Lipinski definition) is 6. The van der Waals surface area contributed by atoms with Gasteiger partial charge in [-0.3, -0.25) is 4.79 Å². The van der Waals surface area contributed by atoms with Gasteiger partial charge in [-0.05, 0) is 30.5 Å². The fourth-order valence-corrected chi connectivity index (χ4v) is 4.68. The Labute approximate surface area is 149 Å². The number of amides is 1. The summed E-state index contributed by atoms with van der Waals surface area (Å²) < 4.78 is 28.8. The van der Waals surface area contributed by atoms with Crippen LogP contribution >= 0.6 is 11.3 Å². The predicted molar refractivity (Wildman–Crippen MR) is 95.4 cm³/mol. The van der Waals surface area contributed by atoms with Crippen LogP contribution in [0.3, 0.4) is 0 Å². The minimum atomic E-state index is -3.96. The van der Waals surface area contributed by atoms with E-state index in [0.29, 0.717) is 11.3 Å². The molecule has 0 fully saturated rings. The molecule has 0 saturated carbocycles. The van der Waals surface area contributed by atoms with Crippen molar-refractivity contribution < 1.29 is 13.2 Å². The van der Waals surface area contributed by atoms with E-state index in [1.165, 1.54) is 16.8 Å². The lowest BCUT2D eigenvalue weighted by atomic mass is 9.95. The van der Waals surface area contributed by atoms with Crippen molar-refractivity contribution in [3.63, 3.8) is 0 Å². The minimum Gasteiger partial charge on any atom is -0.268 e. The Morgan fingerprint density at radius 2 is 2.00 bits per heavy atom. The lowest BCUT2D eigenvalue weighted by molar-refractivity contribution is 0.0982. The predicted octanol–water partition coefficient (Wildman–Crippen LogP) is 2.52. The average molecular weight is 378 g/mol. The van der Waals surface area contributed by atoms with Crippen LogP contribution in [0, 0.1) is 6.92 Å². The van der Waals surface area contributed by atoms with Gasteiger partial charge in [0.2, 0.25) is 0 Å². The Morgan fingerprint density at radius 1 is 1.28 bits per heavy atom. The molecule has 25 heavy (non-hydrogen) atoms. The maximum Gasteiger partial charge on any atom is 0.273 e. The highest BCUT2D eigenvalue weighted by molar-refractivity contribution is 7.92. The zero-order valence-corrected chi connectivity index (χ0v) is 15.9. The van der Waals surface area contributed by atoms with Gasteiger partial charge in [-0.2, -0.15) is 5.10 Å². The number of carbonyl (C=O) groups excluding carboxylic acids is 1. The molecule has 132 valence electrons. The van der Waals surface area contributed by atoms with E-state index < -0.39 is 15.9 Å². The van der Waals surface area contributed by atoms with Crippen molar-refractivity contribution in [3.8, 4) is 0 Å². The minimum absolute atomic E-state index is 0.105. The Morgan fingerprint density at radius 3 is 2.64 bits per heavy atom. The normalized spacial score (nSPS) is 12.5. The highest BCUT2D eigenvalue weighted by atomic mass is 32.2. The molecule has 0 aliphatic rings. The lowest BCUT2D eigenvalue weighted by Crippen LogP contribution is -2.30. The number of thiophene rings is 1. The molecular formula is C16H18N4O3S2. The van der Waals surface area contributed by atoms with Crippen LogP contribution in [-0.4, -0.2) is 28.9 Å². The molecule has 0 aromatic carbocycles. The molecule has 3 aromatic heterocycles. The highest BCUT2D eigenvalue weighted by Gasteiger charge is 2.26. The molecule has 0 aliphatic carbocycles. The maximum absolute atomic E-state index is 12.6. The second-order valence-corrected chi connectivity index (χ2v) is 9.64. The molecule has 3 rings (SSSR count). The molecule has 0 aliphatic heterocycles. The summed E-state index contributed by atoms with van der Waals surface area (Å²) in [5.41, 5.74) is 0.713. The van der Waals surface area contributed by atoms with E-state index in [1.807, 2.05) is 20.8 Å². The topological polar surface area (TPSA) is 93.4 Å². The summed E-state index contributed by atoms with van der Waals surface area (Å²) in [7, 11) is -3.96. The molecule has 7 nitrogen and oxygen atoms in total. The zero-order valence-electron chi connectivity index (χ0n) is 14.3. The van der Waals surface area contributed by atoms with E-state index >= 15 is 0 Å². The summed E-state index contributed by atoms with van der Waals surface area (Å²) in [6, 6.07) is 4.96. The number of aromatic nitrogens is 3. The van der Waals surface area contributed by atoms with Gasteiger partial charge in [-0.15, -0.1) is 11.3 Å². The number of fused-ring (bicyclic) bond motifs is 1. The Bertz CT molecular complexity index is 1060. The summed E-state index contributed by atoms with van der Waals surface area (Å²) in [4.78, 5) is 17.6. The van der Waals surface area contributed by atoms with Crippen molar-refractivity contribution in [1.29, 1.82) is 0 Å². The van der Waals surface area contributed by atoms with Crippen LogP contribution in [0.5, 0.6) is 0 Å². The monoisotopic (exact) mass is 378 g/mol. The molecule has 3 heterocycles. The van der Waals surface area contributed by atoms with Gasteiger partial charge in [0.05, 0.1) is 5.69 Å². The average Bonchev–Trinajstić information content (AvgIpc) is 3.10. The molecule has 3 aromatic rings. The first kappa shape index (κ1) is 17.6. The van der Waals surface area contributed by atoms with Crippen LogP contribution < -0.4 is 4.72 Å². The van der Waals surface area contributed by atoms with Gasteiger partial charge < -0.3 is 0 Å². The Hall–Kier alpha value is -2.26. The second-order valence-electron chi connectivity index (χ2n) is 6.65. The quantitative estimate of drug-likeness (QED) is 0.756. The van der Waals surface area contributed by atoms with Crippen LogP contribution in [0.1, 0.15) is 41.7 Å². The first-order valence-electron chi connectivity index (χ1n) is 7.57. The van der Waals surface area contributed by atoms with Crippen molar-refractivity contribution in [2.75, 3.05) is 0 Å². The SMILES string of the molecule is Cc1nn2cccnc2c1C(=O)NS(=O)(=O)c1ccc(C(C)(C)C)s1. The molecule has 0 radical (unpaired) electrons. The summed E-state index contributed by atoms with van der Waals surface area (Å²) in [6.07, 6.45) is 3.17. The van der Waals surface area contributed by atoms with Gasteiger partial charge in [0.15, 0.2) is 5.65 Å². The van der Waals surface area contributed by atoms with Crippen LogP contribution in [0.2, 0.25) is 0 Å². The summed E-state index contributed by atoms with van der Waals surface area (Å²) in [5, 5.41) is 4.17. The van der Waals surface area contributed by atoms with E-state index in [4.69, 9.17) is 0 Å². The van der Waals surface area contributed by atoms with Gasteiger partial charge in [-0.25, -0.2) is 22.6 Å². The van der Waals surface area contributed by atoms with E-state index in [9.17, 15) is 13.2 Å². The molecule has 0 unspecified atom stereocenters. The van der Waals surface area contributed by atoms with Crippen LogP contribution in [0.4, 0.5) is 0 Å². The lowest BCUT2D eigenvalue weighted by Gasteiger charge is -2.15. The molecule has 0 spiro atoms. The smallest absolute Gasteiger partial charge is 0.268 e. The van der Waals surface area contributed by atoms with E-state index in [2.05, 4.69) is 14.8 Å². The van der Waals surface area contributed by atoms with E-state index in [-0.39, 0.29) is 15.2 Å². The molecule has 9 heteroatoms. The van der Waals surface area contributed by atoms with Crippen molar-refractivity contribution in [3.05, 3.63) is 46.7 Å². The van der Waals surface area contributed by atoms with Crippen molar-refractivity contribution >= 4 is 32.9 Å². The summed E-state index contributed by atoms with van der Waals surface area (Å²) in [5.74, 6) is -0.739. The number of rotatable bonds is 3. The Balaban J connectivity index is 1.94. The van der Waals surface area contributed by atoms with Gasteiger partial charge in [-0.1, -0.05) is 20.8 Å². The van der Waals surface area contributed by atoms with Gasteiger partial charge in [0.1, 0.15) is 9.77 Å². The highest BCUT2D eigenvalue weighted by Crippen LogP contribution is 2.31. The van der Waals surface area contributed by atoms with Crippen molar-refractivity contribution in [2.24, 2.45) is 0 Å². The largest absolute Gasteiger partial charge is 0.273 e. The van der Waals surface area contributed by atoms with E-state index in [0.717, 1.165) is 16.2 Å². The number of nitrogens with one attached hydrogen (secondary N) is 1. The van der Waals surface area contributed by atoms with Gasteiger partial charge >= 0.3 is 0 Å². The van der Waals surface area contributed by atoms with E-state index in [1.54, 1.807) is 25.3 Å². The van der Waals surface area contributed by atoms with Gasteiger partial charge in [0.25, 0.3) is 15.9 Å². The standard InChI is InChI=1S/C16H18N4O3S2/c1-10-13(14-17-8-5-9-20(14)18-10)15(21)19-25(22,23)12-7-6-11(24-12)16(2,3)4/h5-9H,1-4H3,(H,19,21). The fourth-order valence-electron chi connectivity index (χ4n) is 2.35. The third-order valence-electron chi connectivity index (χ3n) is 3.61. The molecule has 0 bridgehead atoms. The van der Waals surface area contributed by atoms with Gasteiger partial charge in [0, 0.05) is 17.3 Å². The number of hydrogen-bond donors (Lipinski definition) is 1. The number of aryl methyl sites for hydroxylation is 1. The Kier molecular flexibility index (Phi) is 4.16. The number of nitrogens with zero attached hydrogens (tertiary/aromatic N) is 3. The zero-order chi connectivity index (χ0) is 18.4. The molecular weight excluding hydrogens is 360 g/mol. The molecule has 1 N–H and O–H groups in total. The third-order valence-corrected chi connectivity index (χ3v) is 6.94. The van der Waals surface area contributed by atoms with Crippen molar-refractivity contribution in [1.82, 2.24) is 19.3 Å². The molecule has 1 amide bonds. The third kappa shape index (κ3) is 3.29. The second kappa shape index (κ2) is 5.92. The molecule has 0 saturated heterocycles. The van der Waals surface area contributed by atoms with Crippen LogP contribution in [-0.2, 0) is 15.4 Å². The fraction of sp³-hybridized carbons (Fsp3) is 0.312. The maximum atomic E-state index is 12.6. The first-order chi connectivity index (χ1) is 11.6. The summed E-state index contributed by atoms with van der Waals surface area (Å²) in [6.45, 7) is 7.64. The van der Waals surface area contributed by atoms with Crippen molar-refractivity contribution in [2.45, 2.75) is 37.3 Å². The number of carbonyl (C=O) groups is 1. The first-order valence-corrected chi connectivity index (χ1v) is 9.87.